The number of carbonyl (C=O) groups excluding carboxylic acids is 1. The van der Waals surface area contributed by atoms with E-state index in [4.69, 9.17) is 4.52 Å². The number of aryl methyl sites for hydroxylation is 1. The summed E-state index contributed by atoms with van der Waals surface area (Å²) in [5, 5.41) is 10.8. The minimum absolute atomic E-state index is 0.110. The van der Waals surface area contributed by atoms with E-state index in [1.54, 1.807) is 35.7 Å². The summed E-state index contributed by atoms with van der Waals surface area (Å²) >= 11 is 0. The van der Waals surface area contributed by atoms with Crippen molar-refractivity contribution in [3.05, 3.63) is 67.0 Å². The van der Waals surface area contributed by atoms with Gasteiger partial charge in [-0.15, -0.1) is 0 Å². The highest BCUT2D eigenvalue weighted by Gasteiger charge is 2.11. The predicted octanol–water partition coefficient (Wildman–Crippen LogP) is 1.36. The normalized spacial score (nSPS) is 10.7. The van der Waals surface area contributed by atoms with Crippen LogP contribution in [0.3, 0.4) is 0 Å². The zero-order valence-electron chi connectivity index (χ0n) is 14.8. The van der Waals surface area contributed by atoms with Crippen LogP contribution >= 0.6 is 0 Å². The van der Waals surface area contributed by atoms with Crippen molar-refractivity contribution in [2.75, 3.05) is 0 Å². The number of carbonyl (C=O) groups is 1. The van der Waals surface area contributed by atoms with Crippen molar-refractivity contribution in [3.63, 3.8) is 0 Å². The maximum absolute atomic E-state index is 12.1. The monoisotopic (exact) mass is 376 g/mol. The van der Waals surface area contributed by atoms with Crippen molar-refractivity contribution < 1.29 is 9.32 Å². The molecule has 28 heavy (non-hydrogen) atoms. The van der Waals surface area contributed by atoms with Crippen LogP contribution in [0.5, 0.6) is 0 Å². The topological polar surface area (TPSA) is 125 Å². The summed E-state index contributed by atoms with van der Waals surface area (Å²) in [7, 11) is 0. The van der Waals surface area contributed by atoms with E-state index in [0.717, 1.165) is 11.1 Å². The lowest BCUT2D eigenvalue weighted by molar-refractivity contribution is -0.121. The Morgan fingerprint density at radius 1 is 1.18 bits per heavy atom. The third-order valence-corrected chi connectivity index (χ3v) is 3.91. The van der Waals surface area contributed by atoms with Crippen LogP contribution in [0.15, 0.2) is 60.0 Å². The minimum Gasteiger partial charge on any atom is -0.352 e. The molecule has 4 aromatic heterocycles. The summed E-state index contributed by atoms with van der Waals surface area (Å²) in [6.45, 7) is 0.383. The molecule has 1 amide bonds. The molecule has 0 spiro atoms. The number of aromatic nitrogens is 7. The van der Waals surface area contributed by atoms with Crippen LogP contribution in [0.4, 0.5) is 0 Å². The molecule has 140 valence electrons. The number of amides is 1. The van der Waals surface area contributed by atoms with Gasteiger partial charge in [0, 0.05) is 43.5 Å². The molecule has 10 heteroatoms. The third-order valence-electron chi connectivity index (χ3n) is 3.91. The first-order valence-electron chi connectivity index (χ1n) is 8.57. The second-order valence-corrected chi connectivity index (χ2v) is 5.89. The first-order valence-corrected chi connectivity index (χ1v) is 8.57. The number of rotatable bonds is 7. The van der Waals surface area contributed by atoms with Gasteiger partial charge < -0.3 is 9.84 Å². The molecule has 0 fully saturated rings. The van der Waals surface area contributed by atoms with Crippen LogP contribution in [0.1, 0.15) is 17.9 Å². The number of nitrogens with one attached hydrogen (secondary N) is 1. The molecule has 0 saturated heterocycles. The highest BCUT2D eigenvalue weighted by molar-refractivity contribution is 5.76. The van der Waals surface area contributed by atoms with Crippen molar-refractivity contribution in [3.8, 4) is 17.2 Å². The van der Waals surface area contributed by atoms with Crippen LogP contribution in [0.2, 0.25) is 0 Å². The van der Waals surface area contributed by atoms with Crippen molar-refractivity contribution in [1.82, 2.24) is 40.2 Å². The lowest BCUT2D eigenvalue weighted by Crippen LogP contribution is -2.23. The molecule has 4 rings (SSSR count). The van der Waals surface area contributed by atoms with Gasteiger partial charge in [0.05, 0.1) is 0 Å². The molecule has 4 aromatic rings. The van der Waals surface area contributed by atoms with Crippen LogP contribution < -0.4 is 5.32 Å². The molecule has 0 radical (unpaired) electrons. The average Bonchev–Trinajstić information content (AvgIpc) is 3.44. The Bertz CT molecular complexity index is 1030. The molecular formula is C18H16N8O2. The maximum Gasteiger partial charge on any atom is 0.227 e. The second kappa shape index (κ2) is 8.16. The van der Waals surface area contributed by atoms with E-state index < -0.39 is 0 Å². The number of nitrogens with zero attached hydrogens (tertiary/aromatic N) is 7. The third kappa shape index (κ3) is 4.23. The molecule has 0 atom stereocenters. The molecule has 0 aliphatic carbocycles. The summed E-state index contributed by atoms with van der Waals surface area (Å²) in [5.74, 6) is 1.42. The SMILES string of the molecule is O=C(CCc1nc(-c2cccnc2)no1)NCc1ccc(-n2cncn2)nc1. The van der Waals surface area contributed by atoms with Gasteiger partial charge in [-0.2, -0.15) is 10.1 Å². The lowest BCUT2D eigenvalue weighted by Gasteiger charge is -2.05. The van der Waals surface area contributed by atoms with Crippen LogP contribution in [0, 0.1) is 0 Å². The van der Waals surface area contributed by atoms with Gasteiger partial charge in [0.25, 0.3) is 0 Å². The second-order valence-electron chi connectivity index (χ2n) is 5.89. The Labute approximate surface area is 159 Å². The molecule has 0 aromatic carbocycles. The van der Waals surface area contributed by atoms with Gasteiger partial charge in [0.15, 0.2) is 5.82 Å². The number of hydrogen-bond acceptors (Lipinski definition) is 8. The molecule has 1 N–H and O–H groups in total. The largest absolute Gasteiger partial charge is 0.352 e. The summed E-state index contributed by atoms with van der Waals surface area (Å²) < 4.78 is 6.75. The molecule has 0 unspecified atom stereocenters. The molecule has 0 aliphatic rings. The average molecular weight is 376 g/mol. The Morgan fingerprint density at radius 2 is 2.14 bits per heavy atom. The number of hydrogen-bond donors (Lipinski definition) is 1. The Balaban J connectivity index is 1.25. The fourth-order valence-electron chi connectivity index (χ4n) is 2.46. The van der Waals surface area contributed by atoms with Gasteiger partial charge in [-0.05, 0) is 23.8 Å². The van der Waals surface area contributed by atoms with E-state index in [2.05, 4.69) is 35.5 Å². The zero-order valence-corrected chi connectivity index (χ0v) is 14.8. The van der Waals surface area contributed by atoms with E-state index in [0.29, 0.717) is 30.5 Å². The maximum atomic E-state index is 12.1. The highest BCUT2D eigenvalue weighted by Crippen LogP contribution is 2.14. The van der Waals surface area contributed by atoms with Gasteiger partial charge in [-0.3, -0.25) is 9.78 Å². The van der Waals surface area contributed by atoms with Gasteiger partial charge >= 0.3 is 0 Å². The Kier molecular flexibility index (Phi) is 5.09. The summed E-state index contributed by atoms with van der Waals surface area (Å²) in [4.78, 5) is 28.5. The lowest BCUT2D eigenvalue weighted by atomic mass is 10.2. The van der Waals surface area contributed by atoms with E-state index >= 15 is 0 Å². The quantitative estimate of drug-likeness (QED) is 0.512. The molecule has 0 aliphatic heterocycles. The van der Waals surface area contributed by atoms with Gasteiger partial charge in [0.2, 0.25) is 17.6 Å². The summed E-state index contributed by atoms with van der Waals surface area (Å²) in [6.07, 6.45) is 8.65. The van der Waals surface area contributed by atoms with Crippen molar-refractivity contribution in [2.24, 2.45) is 0 Å². The van der Waals surface area contributed by atoms with Crippen molar-refractivity contribution in [2.45, 2.75) is 19.4 Å². The van der Waals surface area contributed by atoms with Crippen LogP contribution in [0.25, 0.3) is 17.2 Å². The highest BCUT2D eigenvalue weighted by atomic mass is 16.5. The van der Waals surface area contributed by atoms with E-state index in [1.807, 2.05) is 18.2 Å². The zero-order chi connectivity index (χ0) is 19.2. The molecular weight excluding hydrogens is 360 g/mol. The first-order chi connectivity index (χ1) is 13.8. The van der Waals surface area contributed by atoms with Crippen LogP contribution in [-0.2, 0) is 17.8 Å². The fraction of sp³-hybridized carbons (Fsp3) is 0.167. The fourth-order valence-corrected chi connectivity index (χ4v) is 2.46. The van der Waals surface area contributed by atoms with Gasteiger partial charge in [0.1, 0.15) is 12.7 Å². The molecule has 0 bridgehead atoms. The standard InChI is InChI=1S/C18H16N8O2/c27-16(5-6-17-24-18(25-28-17)14-2-1-7-19-10-14)22-9-13-3-4-15(21-8-13)26-12-20-11-23-26/h1-4,7-8,10-12H,5-6,9H2,(H,22,27). The minimum atomic E-state index is -0.110. The van der Waals surface area contributed by atoms with E-state index in [1.165, 1.54) is 6.33 Å². The Morgan fingerprint density at radius 3 is 2.89 bits per heavy atom. The first kappa shape index (κ1) is 17.5. The summed E-state index contributed by atoms with van der Waals surface area (Å²) in [6, 6.07) is 7.33. The van der Waals surface area contributed by atoms with Crippen molar-refractivity contribution in [1.29, 1.82) is 0 Å². The Hall–Kier alpha value is -3.95. The van der Waals surface area contributed by atoms with Crippen molar-refractivity contribution >= 4 is 5.91 Å². The molecule has 4 heterocycles. The smallest absolute Gasteiger partial charge is 0.227 e. The van der Waals surface area contributed by atoms with Crippen LogP contribution in [-0.4, -0.2) is 40.8 Å². The van der Waals surface area contributed by atoms with E-state index in [-0.39, 0.29) is 12.3 Å². The molecule has 0 saturated carbocycles. The van der Waals surface area contributed by atoms with E-state index in [9.17, 15) is 4.79 Å². The molecule has 10 nitrogen and oxygen atoms in total. The summed E-state index contributed by atoms with van der Waals surface area (Å²) in [5.41, 5.74) is 1.65. The van der Waals surface area contributed by atoms with Gasteiger partial charge in [-0.25, -0.2) is 14.6 Å². The van der Waals surface area contributed by atoms with Gasteiger partial charge in [-0.1, -0.05) is 11.2 Å². The predicted molar refractivity (Wildman–Crippen MR) is 96.9 cm³/mol. The number of pyridine rings is 2.